The fourth-order valence-electron chi connectivity index (χ4n) is 2.48. The molecule has 0 saturated carbocycles. The second kappa shape index (κ2) is 6.79. The Morgan fingerprint density at radius 1 is 0.810 bits per heavy atom. The molecule has 3 aromatic carbocycles. The van der Waals surface area contributed by atoms with Gasteiger partial charge in [-0.05, 0) is 35.0 Å². The molecule has 106 valence electrons. The molecule has 0 fully saturated rings. The molecule has 3 aromatic rings. The topological polar surface area (TPSA) is 26.0 Å². The summed E-state index contributed by atoms with van der Waals surface area (Å²) in [6.45, 7) is 0.685. The van der Waals surface area contributed by atoms with Crippen LogP contribution in [0.15, 0.2) is 77.7 Å². The summed E-state index contributed by atoms with van der Waals surface area (Å²) >= 11 is 1.88. The SMILES string of the molecule is NCC(CSc1ccc2ccccc2c1)c1ccccc1. The van der Waals surface area contributed by atoms with Crippen LogP contribution in [-0.4, -0.2) is 12.3 Å². The molecular weight excluding hydrogens is 274 g/mol. The number of hydrogen-bond acceptors (Lipinski definition) is 2. The highest BCUT2D eigenvalue weighted by atomic mass is 32.2. The molecule has 0 aliphatic carbocycles. The lowest BCUT2D eigenvalue weighted by Crippen LogP contribution is -2.14. The zero-order valence-electron chi connectivity index (χ0n) is 11.9. The average molecular weight is 293 g/mol. The van der Waals surface area contributed by atoms with Gasteiger partial charge in [-0.2, -0.15) is 0 Å². The summed E-state index contributed by atoms with van der Waals surface area (Å²) in [5.41, 5.74) is 7.27. The van der Waals surface area contributed by atoms with E-state index in [4.69, 9.17) is 5.73 Å². The summed E-state index contributed by atoms with van der Waals surface area (Å²) in [5, 5.41) is 2.59. The minimum atomic E-state index is 0.405. The Bertz CT molecular complexity index is 709. The lowest BCUT2D eigenvalue weighted by atomic mass is 10.0. The van der Waals surface area contributed by atoms with Crippen molar-refractivity contribution in [2.75, 3.05) is 12.3 Å². The lowest BCUT2D eigenvalue weighted by Gasteiger charge is -2.15. The van der Waals surface area contributed by atoms with E-state index >= 15 is 0 Å². The van der Waals surface area contributed by atoms with Gasteiger partial charge in [0.05, 0.1) is 0 Å². The van der Waals surface area contributed by atoms with E-state index in [-0.39, 0.29) is 0 Å². The first-order chi connectivity index (χ1) is 10.4. The Labute approximate surface area is 130 Å². The summed E-state index contributed by atoms with van der Waals surface area (Å²) in [5.74, 6) is 1.42. The van der Waals surface area contributed by atoms with Gasteiger partial charge in [0.25, 0.3) is 0 Å². The highest BCUT2D eigenvalue weighted by molar-refractivity contribution is 7.99. The number of thioether (sulfide) groups is 1. The normalized spacial score (nSPS) is 12.4. The Balaban J connectivity index is 1.73. The predicted octanol–water partition coefficient (Wildman–Crippen LogP) is 4.67. The van der Waals surface area contributed by atoms with Crippen LogP contribution < -0.4 is 5.73 Å². The molecule has 2 N–H and O–H groups in total. The van der Waals surface area contributed by atoms with E-state index in [0.29, 0.717) is 12.5 Å². The van der Waals surface area contributed by atoms with Gasteiger partial charge in [0.15, 0.2) is 0 Å². The van der Waals surface area contributed by atoms with Gasteiger partial charge in [-0.3, -0.25) is 0 Å². The first-order valence-corrected chi connectivity index (χ1v) is 8.22. The summed E-state index contributed by atoms with van der Waals surface area (Å²) in [7, 11) is 0. The number of hydrogen-bond donors (Lipinski definition) is 1. The first-order valence-electron chi connectivity index (χ1n) is 7.23. The largest absolute Gasteiger partial charge is 0.330 e. The van der Waals surface area contributed by atoms with Crippen LogP contribution in [-0.2, 0) is 0 Å². The van der Waals surface area contributed by atoms with Gasteiger partial charge in [-0.15, -0.1) is 11.8 Å². The Hall–Kier alpha value is -1.77. The fraction of sp³-hybridized carbons (Fsp3) is 0.158. The maximum absolute atomic E-state index is 5.95. The van der Waals surface area contributed by atoms with Gasteiger partial charge in [0, 0.05) is 16.6 Å². The summed E-state index contributed by atoms with van der Waals surface area (Å²) < 4.78 is 0. The monoisotopic (exact) mass is 293 g/mol. The smallest absolute Gasteiger partial charge is 0.00785 e. The standard InChI is InChI=1S/C19H19NS/c20-13-18(15-6-2-1-3-7-15)14-21-19-11-10-16-8-4-5-9-17(16)12-19/h1-12,18H,13-14,20H2. The Kier molecular flexibility index (Phi) is 4.59. The van der Waals surface area contributed by atoms with Crippen molar-refractivity contribution in [3.8, 4) is 0 Å². The highest BCUT2D eigenvalue weighted by Gasteiger charge is 2.10. The van der Waals surface area contributed by atoms with Crippen LogP contribution in [0.2, 0.25) is 0 Å². The molecule has 0 saturated heterocycles. The second-order valence-electron chi connectivity index (χ2n) is 5.16. The average Bonchev–Trinajstić information content (AvgIpc) is 2.56. The van der Waals surface area contributed by atoms with Gasteiger partial charge >= 0.3 is 0 Å². The molecule has 1 atom stereocenters. The van der Waals surface area contributed by atoms with Gasteiger partial charge < -0.3 is 5.73 Å². The molecule has 0 spiro atoms. The summed E-state index contributed by atoms with van der Waals surface area (Å²) in [6.07, 6.45) is 0. The molecule has 21 heavy (non-hydrogen) atoms. The zero-order chi connectivity index (χ0) is 14.5. The van der Waals surface area contributed by atoms with Crippen molar-refractivity contribution in [1.82, 2.24) is 0 Å². The van der Waals surface area contributed by atoms with Crippen molar-refractivity contribution in [3.63, 3.8) is 0 Å². The number of benzene rings is 3. The van der Waals surface area contributed by atoms with Crippen molar-refractivity contribution in [1.29, 1.82) is 0 Å². The lowest BCUT2D eigenvalue weighted by molar-refractivity contribution is 0.785. The Morgan fingerprint density at radius 3 is 2.29 bits per heavy atom. The van der Waals surface area contributed by atoms with Gasteiger partial charge in [0.2, 0.25) is 0 Å². The maximum Gasteiger partial charge on any atom is 0.00785 e. The third kappa shape index (κ3) is 3.46. The fourth-order valence-corrected chi connectivity index (χ4v) is 3.58. The molecule has 1 nitrogen and oxygen atoms in total. The molecule has 0 bridgehead atoms. The second-order valence-corrected chi connectivity index (χ2v) is 6.26. The third-order valence-electron chi connectivity index (χ3n) is 3.73. The quantitative estimate of drug-likeness (QED) is 0.692. The van der Waals surface area contributed by atoms with Crippen molar-refractivity contribution >= 4 is 22.5 Å². The van der Waals surface area contributed by atoms with Crippen LogP contribution in [0, 0.1) is 0 Å². The van der Waals surface area contributed by atoms with Crippen molar-refractivity contribution in [3.05, 3.63) is 78.4 Å². The van der Waals surface area contributed by atoms with Crippen molar-refractivity contribution in [2.24, 2.45) is 5.73 Å². The van der Waals surface area contributed by atoms with E-state index < -0.39 is 0 Å². The minimum absolute atomic E-state index is 0.405. The number of nitrogens with two attached hydrogens (primary N) is 1. The summed E-state index contributed by atoms with van der Waals surface area (Å²) in [6, 6.07) is 25.7. The third-order valence-corrected chi connectivity index (χ3v) is 4.88. The molecule has 0 radical (unpaired) electrons. The van der Waals surface area contributed by atoms with Crippen LogP contribution in [0.25, 0.3) is 10.8 Å². The molecule has 0 aliphatic rings. The molecule has 0 amide bonds. The van der Waals surface area contributed by atoms with Gasteiger partial charge in [-0.25, -0.2) is 0 Å². The van der Waals surface area contributed by atoms with E-state index in [0.717, 1.165) is 5.75 Å². The van der Waals surface area contributed by atoms with Crippen LogP contribution in [0.1, 0.15) is 11.5 Å². The minimum Gasteiger partial charge on any atom is -0.330 e. The van der Waals surface area contributed by atoms with Gasteiger partial charge in [0.1, 0.15) is 0 Å². The van der Waals surface area contributed by atoms with E-state index in [1.54, 1.807) is 0 Å². The molecule has 2 heteroatoms. The predicted molar refractivity (Wildman–Crippen MR) is 92.9 cm³/mol. The molecule has 0 aromatic heterocycles. The van der Waals surface area contributed by atoms with E-state index in [1.165, 1.54) is 21.2 Å². The number of rotatable bonds is 5. The van der Waals surface area contributed by atoms with Gasteiger partial charge in [-0.1, -0.05) is 60.7 Å². The zero-order valence-corrected chi connectivity index (χ0v) is 12.7. The van der Waals surface area contributed by atoms with Crippen LogP contribution in [0.4, 0.5) is 0 Å². The highest BCUT2D eigenvalue weighted by Crippen LogP contribution is 2.28. The molecule has 3 rings (SSSR count). The molecule has 1 unspecified atom stereocenters. The van der Waals surface area contributed by atoms with E-state index in [2.05, 4.69) is 66.7 Å². The van der Waals surface area contributed by atoms with Crippen LogP contribution in [0.5, 0.6) is 0 Å². The van der Waals surface area contributed by atoms with E-state index in [9.17, 15) is 0 Å². The first kappa shape index (κ1) is 14.2. The van der Waals surface area contributed by atoms with Crippen LogP contribution in [0.3, 0.4) is 0 Å². The van der Waals surface area contributed by atoms with Crippen LogP contribution >= 0.6 is 11.8 Å². The number of fused-ring (bicyclic) bond motifs is 1. The molecular formula is C19H19NS. The maximum atomic E-state index is 5.95. The Morgan fingerprint density at radius 2 is 1.52 bits per heavy atom. The molecule has 0 heterocycles. The molecule has 0 aliphatic heterocycles. The van der Waals surface area contributed by atoms with Crippen molar-refractivity contribution in [2.45, 2.75) is 10.8 Å². The summed E-state index contributed by atoms with van der Waals surface area (Å²) in [4.78, 5) is 1.31. The van der Waals surface area contributed by atoms with E-state index in [1.807, 2.05) is 17.8 Å². The van der Waals surface area contributed by atoms with Crippen molar-refractivity contribution < 1.29 is 0 Å².